The highest BCUT2D eigenvalue weighted by Crippen LogP contribution is 2.27. The van der Waals surface area contributed by atoms with Gasteiger partial charge in [-0.25, -0.2) is 0 Å². The van der Waals surface area contributed by atoms with Gasteiger partial charge in [0.25, 0.3) is 5.91 Å². The van der Waals surface area contributed by atoms with E-state index in [4.69, 9.17) is 4.74 Å². The van der Waals surface area contributed by atoms with Gasteiger partial charge in [-0.2, -0.15) is 0 Å². The van der Waals surface area contributed by atoms with Crippen molar-refractivity contribution in [2.24, 2.45) is 0 Å². The van der Waals surface area contributed by atoms with Crippen molar-refractivity contribution in [3.05, 3.63) is 33.9 Å². The molecule has 0 fully saturated rings. The first-order valence-electron chi connectivity index (χ1n) is 6.20. The Hall–Kier alpha value is -1.63. The molecule has 1 atom stereocenters. The number of nitro groups is 1. The van der Waals surface area contributed by atoms with E-state index in [9.17, 15) is 14.9 Å². The van der Waals surface area contributed by atoms with Crippen molar-refractivity contribution < 1.29 is 14.5 Å². The summed E-state index contributed by atoms with van der Waals surface area (Å²) in [5.74, 6) is -0.183. The van der Waals surface area contributed by atoms with Crippen molar-refractivity contribution in [1.82, 2.24) is 5.32 Å². The fourth-order valence-electron chi connectivity index (χ4n) is 1.66. The van der Waals surface area contributed by atoms with Crippen LogP contribution in [0.2, 0.25) is 0 Å². The molecule has 1 rings (SSSR count). The summed E-state index contributed by atoms with van der Waals surface area (Å²) in [4.78, 5) is 22.6. The standard InChI is InChI=1S/C13H17BrN2O4/c1-9(14)4-3-7-15-13(17)10-5-6-12(20-2)11(8-10)16(18)19/h5-6,8-9H,3-4,7H2,1-2H3,(H,15,17). The predicted octanol–water partition coefficient (Wildman–Crippen LogP) is 2.90. The number of nitrogens with one attached hydrogen (secondary N) is 1. The van der Waals surface area contributed by atoms with Gasteiger partial charge in [-0.15, -0.1) is 0 Å². The third-order valence-electron chi connectivity index (χ3n) is 2.70. The number of hydrogen-bond donors (Lipinski definition) is 1. The Bertz CT molecular complexity index is 491. The molecule has 7 heteroatoms. The van der Waals surface area contributed by atoms with Crippen molar-refractivity contribution in [2.45, 2.75) is 24.6 Å². The Kier molecular flexibility index (Phi) is 6.44. The molecule has 1 aromatic rings. The van der Waals surface area contributed by atoms with E-state index in [1.807, 2.05) is 6.92 Å². The largest absolute Gasteiger partial charge is 0.490 e. The van der Waals surface area contributed by atoms with Gasteiger partial charge < -0.3 is 10.1 Å². The maximum atomic E-state index is 11.9. The quantitative estimate of drug-likeness (QED) is 0.357. The highest BCUT2D eigenvalue weighted by Gasteiger charge is 2.17. The molecule has 20 heavy (non-hydrogen) atoms. The van der Waals surface area contributed by atoms with Crippen molar-refractivity contribution in [3.8, 4) is 5.75 Å². The van der Waals surface area contributed by atoms with Gasteiger partial charge >= 0.3 is 5.69 Å². The lowest BCUT2D eigenvalue weighted by Crippen LogP contribution is -2.24. The fraction of sp³-hybridized carbons (Fsp3) is 0.462. The van der Waals surface area contributed by atoms with Crippen LogP contribution in [-0.4, -0.2) is 29.3 Å². The topological polar surface area (TPSA) is 81.5 Å². The van der Waals surface area contributed by atoms with Gasteiger partial charge in [-0.05, 0) is 25.0 Å². The van der Waals surface area contributed by atoms with E-state index in [0.29, 0.717) is 11.4 Å². The maximum Gasteiger partial charge on any atom is 0.311 e. The summed E-state index contributed by atoms with van der Waals surface area (Å²) in [7, 11) is 1.35. The molecule has 0 saturated heterocycles. The molecule has 0 aliphatic heterocycles. The summed E-state index contributed by atoms with van der Waals surface area (Å²) in [6, 6.07) is 4.16. The smallest absolute Gasteiger partial charge is 0.311 e. The monoisotopic (exact) mass is 344 g/mol. The van der Waals surface area contributed by atoms with Crippen LogP contribution in [0.3, 0.4) is 0 Å². The van der Waals surface area contributed by atoms with E-state index in [2.05, 4.69) is 21.2 Å². The van der Waals surface area contributed by atoms with Gasteiger partial charge in [0.1, 0.15) is 0 Å². The minimum Gasteiger partial charge on any atom is -0.490 e. The van der Waals surface area contributed by atoms with Gasteiger partial charge in [0.05, 0.1) is 12.0 Å². The molecule has 0 aliphatic carbocycles. The van der Waals surface area contributed by atoms with Gasteiger partial charge in [-0.1, -0.05) is 22.9 Å². The molecule has 0 saturated carbocycles. The SMILES string of the molecule is COc1ccc(C(=O)NCCCC(C)Br)cc1[N+](=O)[O-]. The van der Waals surface area contributed by atoms with Crippen LogP contribution in [-0.2, 0) is 0 Å². The maximum absolute atomic E-state index is 11.9. The van der Waals surface area contributed by atoms with E-state index >= 15 is 0 Å². The zero-order valence-corrected chi connectivity index (χ0v) is 13.0. The van der Waals surface area contributed by atoms with Crippen molar-refractivity contribution in [1.29, 1.82) is 0 Å². The molecule has 1 N–H and O–H groups in total. The Labute approximate surface area is 125 Å². The number of hydrogen-bond acceptors (Lipinski definition) is 4. The number of carbonyl (C=O) groups is 1. The highest BCUT2D eigenvalue weighted by molar-refractivity contribution is 9.09. The summed E-state index contributed by atoms with van der Waals surface area (Å²) < 4.78 is 4.89. The molecule has 6 nitrogen and oxygen atoms in total. The number of rotatable bonds is 7. The second kappa shape index (κ2) is 7.84. The van der Waals surface area contributed by atoms with Gasteiger partial charge in [0, 0.05) is 23.0 Å². The Balaban J connectivity index is 2.69. The van der Waals surface area contributed by atoms with Crippen LogP contribution in [0.1, 0.15) is 30.1 Å². The van der Waals surface area contributed by atoms with E-state index in [-0.39, 0.29) is 22.9 Å². The third-order valence-corrected chi connectivity index (χ3v) is 3.16. The highest BCUT2D eigenvalue weighted by atomic mass is 79.9. The van der Waals surface area contributed by atoms with Crippen LogP contribution in [0, 0.1) is 10.1 Å². The summed E-state index contributed by atoms with van der Waals surface area (Å²) in [6.07, 6.45) is 1.79. The number of ether oxygens (including phenoxy) is 1. The molecule has 1 unspecified atom stereocenters. The van der Waals surface area contributed by atoms with E-state index < -0.39 is 4.92 Å². The van der Waals surface area contributed by atoms with E-state index in [0.717, 1.165) is 12.8 Å². The molecule has 0 heterocycles. The van der Waals surface area contributed by atoms with Crippen molar-refractivity contribution in [3.63, 3.8) is 0 Å². The molecule has 0 spiro atoms. The molecule has 1 amide bonds. The number of benzene rings is 1. The van der Waals surface area contributed by atoms with Gasteiger partial charge in [0.15, 0.2) is 5.75 Å². The molecule has 110 valence electrons. The number of alkyl halides is 1. The molecule has 0 aromatic heterocycles. The Morgan fingerprint density at radius 2 is 2.25 bits per heavy atom. The van der Waals surface area contributed by atoms with Gasteiger partial charge in [0.2, 0.25) is 0 Å². The molecular formula is C13H17BrN2O4. The minimum absolute atomic E-state index is 0.139. The zero-order chi connectivity index (χ0) is 15.1. The van der Waals surface area contributed by atoms with Crippen LogP contribution in [0.5, 0.6) is 5.75 Å². The fourth-order valence-corrected chi connectivity index (χ4v) is 1.98. The zero-order valence-electron chi connectivity index (χ0n) is 11.4. The Morgan fingerprint density at radius 1 is 1.55 bits per heavy atom. The van der Waals surface area contributed by atoms with Crippen LogP contribution >= 0.6 is 15.9 Å². The first kappa shape index (κ1) is 16.4. The van der Waals surface area contributed by atoms with Crippen molar-refractivity contribution in [2.75, 3.05) is 13.7 Å². The van der Waals surface area contributed by atoms with Crippen LogP contribution in [0.4, 0.5) is 5.69 Å². The average Bonchev–Trinajstić information content (AvgIpc) is 2.42. The predicted molar refractivity (Wildman–Crippen MR) is 79.6 cm³/mol. The van der Waals surface area contributed by atoms with E-state index in [1.54, 1.807) is 0 Å². The first-order valence-corrected chi connectivity index (χ1v) is 7.12. The molecule has 0 aliphatic rings. The number of nitrogens with zero attached hydrogens (tertiary/aromatic N) is 1. The lowest BCUT2D eigenvalue weighted by Gasteiger charge is -2.07. The molecule has 0 radical (unpaired) electrons. The first-order chi connectivity index (χ1) is 9.45. The second-order valence-corrected chi connectivity index (χ2v) is 5.89. The van der Waals surface area contributed by atoms with Crippen LogP contribution in [0.15, 0.2) is 18.2 Å². The second-order valence-electron chi connectivity index (χ2n) is 4.32. The summed E-state index contributed by atoms with van der Waals surface area (Å²) in [5.41, 5.74) is 0.0404. The minimum atomic E-state index is -0.567. The van der Waals surface area contributed by atoms with Crippen LogP contribution in [0.25, 0.3) is 0 Å². The lowest BCUT2D eigenvalue weighted by molar-refractivity contribution is -0.385. The number of halogens is 1. The number of carbonyl (C=O) groups excluding carboxylic acids is 1. The molecule has 1 aromatic carbocycles. The summed E-state index contributed by atoms with van der Waals surface area (Å²) >= 11 is 3.43. The average molecular weight is 345 g/mol. The number of nitro benzene ring substituents is 1. The number of methoxy groups -OCH3 is 1. The lowest BCUT2D eigenvalue weighted by atomic mass is 10.1. The molecular weight excluding hydrogens is 328 g/mol. The van der Waals surface area contributed by atoms with Gasteiger partial charge in [-0.3, -0.25) is 14.9 Å². The summed E-state index contributed by atoms with van der Waals surface area (Å²) in [5, 5.41) is 13.6. The number of amides is 1. The normalized spacial score (nSPS) is 11.8. The van der Waals surface area contributed by atoms with Crippen LogP contribution < -0.4 is 10.1 Å². The molecule has 0 bridgehead atoms. The third kappa shape index (κ3) is 4.80. The summed E-state index contributed by atoms with van der Waals surface area (Å²) in [6.45, 7) is 2.57. The van der Waals surface area contributed by atoms with Crippen molar-refractivity contribution >= 4 is 27.5 Å². The van der Waals surface area contributed by atoms with E-state index in [1.165, 1.54) is 25.3 Å². The Morgan fingerprint density at radius 3 is 2.80 bits per heavy atom.